The van der Waals surface area contributed by atoms with E-state index in [0.717, 1.165) is 17.3 Å². The molecule has 1 saturated carbocycles. The minimum absolute atomic E-state index is 0.723. The van der Waals surface area contributed by atoms with E-state index in [4.69, 9.17) is 4.98 Å². The molecule has 0 aliphatic heterocycles. The molecular formula is C15H18N2S. The number of anilines is 1. The molecule has 1 aliphatic carbocycles. The third-order valence-corrected chi connectivity index (χ3v) is 4.70. The Labute approximate surface area is 112 Å². The fourth-order valence-electron chi connectivity index (χ4n) is 2.59. The Kier molecular flexibility index (Phi) is 3.33. The molecule has 0 saturated heterocycles. The standard InChI is InChI=1S/C15H18N2S/c1-16-13-8-6-11(7-9-13)14-10-18-15(17-14)12-4-2-3-5-12/h6-10,12,16H,2-5H2,1H3. The number of nitrogens with zero attached hydrogens (tertiary/aromatic N) is 1. The minimum Gasteiger partial charge on any atom is -0.388 e. The highest BCUT2D eigenvalue weighted by molar-refractivity contribution is 7.10. The Morgan fingerprint density at radius 2 is 1.89 bits per heavy atom. The highest BCUT2D eigenvalue weighted by atomic mass is 32.1. The number of rotatable bonds is 3. The van der Waals surface area contributed by atoms with Gasteiger partial charge in [-0.2, -0.15) is 0 Å². The zero-order chi connectivity index (χ0) is 12.4. The summed E-state index contributed by atoms with van der Waals surface area (Å²) in [5.74, 6) is 0.723. The second-order valence-corrected chi connectivity index (χ2v) is 5.77. The molecule has 0 spiro atoms. The smallest absolute Gasteiger partial charge is 0.0963 e. The fourth-order valence-corrected chi connectivity index (χ4v) is 3.59. The van der Waals surface area contributed by atoms with Crippen molar-refractivity contribution < 1.29 is 0 Å². The molecule has 0 atom stereocenters. The van der Waals surface area contributed by atoms with Crippen LogP contribution in [0.4, 0.5) is 5.69 Å². The average Bonchev–Trinajstić information content (AvgIpc) is 3.09. The van der Waals surface area contributed by atoms with Gasteiger partial charge < -0.3 is 5.32 Å². The first-order valence-electron chi connectivity index (χ1n) is 6.60. The van der Waals surface area contributed by atoms with Crippen LogP contribution in [0, 0.1) is 0 Å². The monoisotopic (exact) mass is 258 g/mol. The molecular weight excluding hydrogens is 240 g/mol. The van der Waals surface area contributed by atoms with Crippen LogP contribution in [0.25, 0.3) is 11.3 Å². The van der Waals surface area contributed by atoms with Gasteiger partial charge in [-0.3, -0.25) is 0 Å². The Morgan fingerprint density at radius 3 is 2.56 bits per heavy atom. The molecule has 0 bridgehead atoms. The second-order valence-electron chi connectivity index (χ2n) is 4.88. The Morgan fingerprint density at radius 1 is 1.17 bits per heavy atom. The zero-order valence-corrected chi connectivity index (χ0v) is 11.5. The van der Waals surface area contributed by atoms with E-state index in [0.29, 0.717) is 0 Å². The van der Waals surface area contributed by atoms with E-state index < -0.39 is 0 Å². The summed E-state index contributed by atoms with van der Waals surface area (Å²) in [4.78, 5) is 4.82. The summed E-state index contributed by atoms with van der Waals surface area (Å²) in [6.07, 6.45) is 5.39. The normalized spacial score (nSPS) is 16.1. The van der Waals surface area contributed by atoms with Crippen molar-refractivity contribution in [2.24, 2.45) is 0 Å². The number of benzene rings is 1. The first-order chi connectivity index (χ1) is 8.86. The summed E-state index contributed by atoms with van der Waals surface area (Å²) in [5, 5.41) is 6.67. The van der Waals surface area contributed by atoms with Crippen molar-refractivity contribution in [3.05, 3.63) is 34.7 Å². The molecule has 2 nitrogen and oxygen atoms in total. The van der Waals surface area contributed by atoms with E-state index >= 15 is 0 Å². The van der Waals surface area contributed by atoms with E-state index in [1.54, 1.807) is 0 Å². The van der Waals surface area contributed by atoms with E-state index in [2.05, 4.69) is 35.0 Å². The number of aromatic nitrogens is 1. The summed E-state index contributed by atoms with van der Waals surface area (Å²) in [7, 11) is 1.94. The van der Waals surface area contributed by atoms with Gasteiger partial charge in [0.15, 0.2) is 0 Å². The molecule has 18 heavy (non-hydrogen) atoms. The van der Waals surface area contributed by atoms with Gasteiger partial charge in [0.1, 0.15) is 0 Å². The maximum absolute atomic E-state index is 4.82. The van der Waals surface area contributed by atoms with Gasteiger partial charge in [0.25, 0.3) is 0 Å². The van der Waals surface area contributed by atoms with Gasteiger partial charge >= 0.3 is 0 Å². The van der Waals surface area contributed by atoms with Crippen molar-refractivity contribution in [3.8, 4) is 11.3 Å². The number of hydrogen-bond donors (Lipinski definition) is 1. The molecule has 1 aromatic heterocycles. The van der Waals surface area contributed by atoms with Crippen molar-refractivity contribution >= 4 is 17.0 Å². The third kappa shape index (κ3) is 2.27. The molecule has 3 heteroatoms. The third-order valence-electron chi connectivity index (χ3n) is 3.70. The van der Waals surface area contributed by atoms with Crippen LogP contribution in [0.2, 0.25) is 0 Å². The van der Waals surface area contributed by atoms with Gasteiger partial charge in [-0.1, -0.05) is 25.0 Å². The van der Waals surface area contributed by atoms with Gasteiger partial charge in [-0.15, -0.1) is 11.3 Å². The van der Waals surface area contributed by atoms with E-state index in [1.807, 2.05) is 18.4 Å². The highest BCUT2D eigenvalue weighted by Gasteiger charge is 2.20. The van der Waals surface area contributed by atoms with Crippen molar-refractivity contribution in [3.63, 3.8) is 0 Å². The fraction of sp³-hybridized carbons (Fsp3) is 0.400. The highest BCUT2D eigenvalue weighted by Crippen LogP contribution is 2.37. The van der Waals surface area contributed by atoms with Crippen molar-refractivity contribution in [1.82, 2.24) is 4.98 Å². The Balaban J connectivity index is 1.82. The molecule has 0 radical (unpaired) electrons. The van der Waals surface area contributed by atoms with E-state index in [9.17, 15) is 0 Å². The van der Waals surface area contributed by atoms with Crippen LogP contribution in [-0.2, 0) is 0 Å². The van der Waals surface area contributed by atoms with Gasteiger partial charge in [-0.25, -0.2) is 4.98 Å². The van der Waals surface area contributed by atoms with Gasteiger partial charge in [-0.05, 0) is 25.0 Å². The lowest BCUT2D eigenvalue weighted by Gasteiger charge is -2.03. The van der Waals surface area contributed by atoms with Crippen molar-refractivity contribution in [2.75, 3.05) is 12.4 Å². The van der Waals surface area contributed by atoms with Gasteiger partial charge in [0.05, 0.1) is 10.7 Å². The molecule has 2 aromatic rings. The minimum atomic E-state index is 0.723. The summed E-state index contributed by atoms with van der Waals surface area (Å²) in [6.45, 7) is 0. The lowest BCUT2D eigenvalue weighted by Crippen LogP contribution is -1.91. The van der Waals surface area contributed by atoms with Crippen LogP contribution in [0.5, 0.6) is 0 Å². The summed E-state index contributed by atoms with van der Waals surface area (Å²) < 4.78 is 0. The molecule has 0 unspecified atom stereocenters. The lowest BCUT2D eigenvalue weighted by molar-refractivity contribution is 0.717. The molecule has 3 rings (SSSR count). The maximum Gasteiger partial charge on any atom is 0.0963 e. The van der Waals surface area contributed by atoms with Crippen molar-refractivity contribution in [2.45, 2.75) is 31.6 Å². The van der Waals surface area contributed by atoms with Gasteiger partial charge in [0, 0.05) is 29.6 Å². The molecule has 1 heterocycles. The number of thiazole rings is 1. The van der Waals surface area contributed by atoms with Crippen LogP contribution in [0.15, 0.2) is 29.6 Å². The van der Waals surface area contributed by atoms with Crippen molar-refractivity contribution in [1.29, 1.82) is 0 Å². The second kappa shape index (κ2) is 5.11. The molecule has 1 aliphatic rings. The molecule has 0 amide bonds. The number of nitrogens with one attached hydrogen (secondary N) is 1. The molecule has 1 aromatic carbocycles. The van der Waals surface area contributed by atoms with Crippen LogP contribution in [0.3, 0.4) is 0 Å². The van der Waals surface area contributed by atoms with Crippen LogP contribution < -0.4 is 5.32 Å². The largest absolute Gasteiger partial charge is 0.388 e. The quantitative estimate of drug-likeness (QED) is 0.876. The van der Waals surface area contributed by atoms with E-state index in [-0.39, 0.29) is 0 Å². The molecule has 94 valence electrons. The van der Waals surface area contributed by atoms with Crippen LogP contribution in [0.1, 0.15) is 36.6 Å². The SMILES string of the molecule is CNc1ccc(-c2csc(C3CCCC3)n2)cc1. The topological polar surface area (TPSA) is 24.9 Å². The molecule has 1 fully saturated rings. The zero-order valence-electron chi connectivity index (χ0n) is 10.6. The maximum atomic E-state index is 4.82. The first-order valence-corrected chi connectivity index (χ1v) is 7.48. The summed E-state index contributed by atoms with van der Waals surface area (Å²) in [5.41, 5.74) is 3.49. The van der Waals surface area contributed by atoms with Crippen LogP contribution >= 0.6 is 11.3 Å². The predicted molar refractivity (Wildman–Crippen MR) is 78.3 cm³/mol. The Hall–Kier alpha value is -1.35. The van der Waals surface area contributed by atoms with Crippen LogP contribution in [-0.4, -0.2) is 12.0 Å². The summed E-state index contributed by atoms with van der Waals surface area (Å²) in [6, 6.07) is 8.48. The number of hydrogen-bond acceptors (Lipinski definition) is 3. The predicted octanol–water partition coefficient (Wildman–Crippen LogP) is 4.51. The first kappa shape index (κ1) is 11.7. The Bertz CT molecular complexity index is 510. The van der Waals surface area contributed by atoms with E-state index in [1.165, 1.54) is 36.3 Å². The lowest BCUT2D eigenvalue weighted by atomic mass is 10.1. The molecule has 1 N–H and O–H groups in total. The summed E-state index contributed by atoms with van der Waals surface area (Å²) >= 11 is 1.82. The average molecular weight is 258 g/mol. The van der Waals surface area contributed by atoms with Gasteiger partial charge in [0.2, 0.25) is 0 Å².